The topological polar surface area (TPSA) is 20.2 Å². The third-order valence-corrected chi connectivity index (χ3v) is 3.32. The van der Waals surface area contributed by atoms with E-state index in [2.05, 4.69) is 31.2 Å². The summed E-state index contributed by atoms with van der Waals surface area (Å²) in [5.41, 5.74) is 2.66. The van der Waals surface area contributed by atoms with Gasteiger partial charge in [0.05, 0.1) is 6.10 Å². The molecule has 0 unspecified atom stereocenters. The van der Waals surface area contributed by atoms with Crippen LogP contribution in [0.2, 0.25) is 0 Å². The van der Waals surface area contributed by atoms with Crippen LogP contribution < -0.4 is 0 Å². The molecule has 2 atom stereocenters. The van der Waals surface area contributed by atoms with Gasteiger partial charge < -0.3 is 5.11 Å². The average Bonchev–Trinajstić information content (AvgIpc) is 2.20. The van der Waals surface area contributed by atoms with E-state index in [9.17, 15) is 5.11 Å². The molecule has 0 saturated heterocycles. The van der Waals surface area contributed by atoms with Crippen molar-refractivity contribution >= 4 is 0 Å². The van der Waals surface area contributed by atoms with E-state index in [-0.39, 0.29) is 6.10 Å². The van der Waals surface area contributed by atoms with E-state index >= 15 is 0 Å². The Kier molecular flexibility index (Phi) is 2.87. The van der Waals surface area contributed by atoms with Gasteiger partial charge in [-0.25, -0.2) is 0 Å². The van der Waals surface area contributed by atoms with Crippen LogP contribution in [0.25, 0.3) is 0 Å². The molecule has 0 amide bonds. The van der Waals surface area contributed by atoms with Crippen molar-refractivity contribution in [2.24, 2.45) is 0 Å². The highest BCUT2D eigenvalue weighted by Gasteiger charge is 2.25. The van der Waals surface area contributed by atoms with Gasteiger partial charge in [0.2, 0.25) is 0 Å². The quantitative estimate of drug-likeness (QED) is 0.721. The van der Waals surface area contributed by atoms with Crippen molar-refractivity contribution in [2.75, 3.05) is 0 Å². The Hall–Kier alpha value is -0.820. The molecule has 0 bridgehead atoms. The molecule has 1 aromatic carbocycles. The molecule has 76 valence electrons. The van der Waals surface area contributed by atoms with Gasteiger partial charge in [0.25, 0.3) is 0 Å². The van der Waals surface area contributed by atoms with Crippen LogP contribution in [0.4, 0.5) is 0 Å². The van der Waals surface area contributed by atoms with Gasteiger partial charge in [-0.05, 0) is 30.9 Å². The molecule has 0 spiro atoms. The molecule has 0 heterocycles. The maximum Gasteiger partial charge on any atom is 0.0608 e. The van der Waals surface area contributed by atoms with Crippen molar-refractivity contribution < 1.29 is 5.11 Å². The molecule has 2 rings (SSSR count). The van der Waals surface area contributed by atoms with E-state index in [0.29, 0.717) is 5.92 Å². The van der Waals surface area contributed by atoms with Gasteiger partial charge in [-0.1, -0.05) is 37.1 Å². The molecule has 0 aromatic heterocycles. The van der Waals surface area contributed by atoms with Gasteiger partial charge >= 0.3 is 0 Å². The maximum atomic E-state index is 9.95. The Balaban J connectivity index is 2.25. The highest BCUT2D eigenvalue weighted by Crippen LogP contribution is 2.34. The van der Waals surface area contributed by atoms with Gasteiger partial charge in [0.15, 0.2) is 0 Å². The summed E-state index contributed by atoms with van der Waals surface area (Å²) in [5, 5.41) is 9.95. The van der Waals surface area contributed by atoms with Crippen LogP contribution in [0.1, 0.15) is 42.7 Å². The second-order valence-electron chi connectivity index (χ2n) is 4.31. The molecule has 1 saturated carbocycles. The first-order chi connectivity index (χ1) is 6.79. The minimum absolute atomic E-state index is 0.121. The van der Waals surface area contributed by atoms with Crippen LogP contribution in [0.15, 0.2) is 24.3 Å². The fourth-order valence-electron chi connectivity index (χ4n) is 2.48. The van der Waals surface area contributed by atoms with Crippen LogP contribution >= 0.6 is 0 Å². The zero-order valence-electron chi connectivity index (χ0n) is 8.74. The third-order valence-electron chi connectivity index (χ3n) is 3.32. The first-order valence-electron chi connectivity index (χ1n) is 5.52. The molecule has 0 aliphatic heterocycles. The lowest BCUT2D eigenvalue weighted by molar-refractivity contribution is 0.106. The van der Waals surface area contributed by atoms with Crippen LogP contribution in [0.3, 0.4) is 0 Å². The lowest BCUT2D eigenvalue weighted by atomic mass is 9.80. The zero-order valence-corrected chi connectivity index (χ0v) is 8.74. The van der Waals surface area contributed by atoms with E-state index in [1.165, 1.54) is 24.0 Å². The number of hydrogen-bond donors (Lipinski definition) is 1. The van der Waals surface area contributed by atoms with Crippen molar-refractivity contribution in [2.45, 2.75) is 44.6 Å². The lowest BCUT2D eigenvalue weighted by Gasteiger charge is -2.29. The van der Waals surface area contributed by atoms with Crippen molar-refractivity contribution in [3.8, 4) is 0 Å². The SMILES string of the molecule is Cc1ccccc1[C@@H]1CCCC[C@@H]1O. The summed E-state index contributed by atoms with van der Waals surface area (Å²) in [6.07, 6.45) is 4.44. The zero-order chi connectivity index (χ0) is 9.97. The van der Waals surface area contributed by atoms with E-state index in [1.54, 1.807) is 0 Å². The summed E-state index contributed by atoms with van der Waals surface area (Å²) in [6, 6.07) is 8.43. The van der Waals surface area contributed by atoms with Crippen LogP contribution in [-0.4, -0.2) is 11.2 Å². The predicted molar refractivity (Wildman–Crippen MR) is 58.4 cm³/mol. The van der Waals surface area contributed by atoms with Gasteiger partial charge in [-0.3, -0.25) is 0 Å². The molecule has 1 aliphatic carbocycles. The fraction of sp³-hybridized carbons (Fsp3) is 0.538. The summed E-state index contributed by atoms with van der Waals surface area (Å²) < 4.78 is 0. The van der Waals surface area contributed by atoms with Crippen LogP contribution in [-0.2, 0) is 0 Å². The molecule has 1 N–H and O–H groups in total. The first-order valence-corrected chi connectivity index (χ1v) is 5.52. The highest BCUT2D eigenvalue weighted by atomic mass is 16.3. The number of hydrogen-bond acceptors (Lipinski definition) is 1. The second kappa shape index (κ2) is 4.14. The molecule has 1 fully saturated rings. The number of rotatable bonds is 1. The van der Waals surface area contributed by atoms with Gasteiger partial charge in [0, 0.05) is 5.92 Å². The standard InChI is InChI=1S/C13H18O/c1-10-6-2-3-7-11(10)12-8-4-5-9-13(12)14/h2-3,6-7,12-14H,4-5,8-9H2,1H3/t12-,13-/m0/s1. The summed E-state index contributed by atoms with van der Waals surface area (Å²) in [6.45, 7) is 2.14. The second-order valence-corrected chi connectivity index (χ2v) is 4.31. The summed E-state index contributed by atoms with van der Waals surface area (Å²) >= 11 is 0. The highest BCUT2D eigenvalue weighted by molar-refractivity contribution is 5.30. The lowest BCUT2D eigenvalue weighted by Crippen LogP contribution is -2.23. The maximum absolute atomic E-state index is 9.95. The normalized spacial score (nSPS) is 27.6. The smallest absolute Gasteiger partial charge is 0.0608 e. The molecular weight excluding hydrogens is 172 g/mol. The number of aliphatic hydroxyl groups excluding tert-OH is 1. The molecule has 1 aromatic rings. The average molecular weight is 190 g/mol. The molecular formula is C13H18O. The molecule has 1 heteroatoms. The Morgan fingerprint density at radius 1 is 1.14 bits per heavy atom. The number of aliphatic hydroxyl groups is 1. The fourth-order valence-corrected chi connectivity index (χ4v) is 2.48. The Morgan fingerprint density at radius 2 is 1.86 bits per heavy atom. The Morgan fingerprint density at radius 3 is 2.57 bits per heavy atom. The van der Waals surface area contributed by atoms with E-state index < -0.39 is 0 Å². The first kappa shape index (κ1) is 9.72. The van der Waals surface area contributed by atoms with Crippen LogP contribution in [0.5, 0.6) is 0 Å². The van der Waals surface area contributed by atoms with Gasteiger partial charge in [0.1, 0.15) is 0 Å². The molecule has 14 heavy (non-hydrogen) atoms. The van der Waals surface area contributed by atoms with Gasteiger partial charge in [-0.15, -0.1) is 0 Å². The third kappa shape index (κ3) is 1.83. The largest absolute Gasteiger partial charge is 0.392 e. The minimum Gasteiger partial charge on any atom is -0.392 e. The van der Waals surface area contributed by atoms with Crippen molar-refractivity contribution in [1.82, 2.24) is 0 Å². The molecule has 1 aliphatic rings. The van der Waals surface area contributed by atoms with Crippen LogP contribution in [0, 0.1) is 6.92 Å². The van der Waals surface area contributed by atoms with E-state index in [4.69, 9.17) is 0 Å². The summed E-state index contributed by atoms with van der Waals surface area (Å²) in [5.74, 6) is 0.380. The molecule has 1 nitrogen and oxygen atoms in total. The number of benzene rings is 1. The van der Waals surface area contributed by atoms with Crippen molar-refractivity contribution in [3.05, 3.63) is 35.4 Å². The van der Waals surface area contributed by atoms with E-state index in [0.717, 1.165) is 12.8 Å². The summed E-state index contributed by atoms with van der Waals surface area (Å²) in [7, 11) is 0. The Bertz CT molecular complexity index is 306. The summed E-state index contributed by atoms with van der Waals surface area (Å²) in [4.78, 5) is 0. The minimum atomic E-state index is -0.121. The van der Waals surface area contributed by atoms with Crippen molar-refractivity contribution in [3.63, 3.8) is 0 Å². The Labute approximate surface area is 85.8 Å². The van der Waals surface area contributed by atoms with E-state index in [1.807, 2.05) is 0 Å². The van der Waals surface area contributed by atoms with Gasteiger partial charge in [-0.2, -0.15) is 0 Å². The molecule has 0 radical (unpaired) electrons. The monoisotopic (exact) mass is 190 g/mol. The number of aryl methyl sites for hydroxylation is 1. The predicted octanol–water partition coefficient (Wildman–Crippen LogP) is 3.01. The van der Waals surface area contributed by atoms with Crippen molar-refractivity contribution in [1.29, 1.82) is 0 Å².